The third-order valence-corrected chi connectivity index (χ3v) is 4.61. The van der Waals surface area contributed by atoms with Gasteiger partial charge in [-0.15, -0.1) is 11.3 Å². The number of carbonyl (C=O) groups is 2. The van der Waals surface area contributed by atoms with E-state index in [0.29, 0.717) is 22.7 Å². The quantitative estimate of drug-likeness (QED) is 0.809. The second-order valence-electron chi connectivity index (χ2n) is 5.48. The SMILES string of the molecule is CC[C@@H](C)NC(=O)c1ccc(CNC(=O)c2sccc2OC)cc1. The van der Waals surface area contributed by atoms with Crippen molar-refractivity contribution in [3.63, 3.8) is 0 Å². The molecule has 0 aliphatic heterocycles. The molecule has 2 rings (SSSR count). The molecule has 1 aromatic heterocycles. The van der Waals surface area contributed by atoms with E-state index in [1.165, 1.54) is 11.3 Å². The number of hydrogen-bond acceptors (Lipinski definition) is 4. The highest BCUT2D eigenvalue weighted by Gasteiger charge is 2.13. The first-order valence-electron chi connectivity index (χ1n) is 7.84. The molecule has 0 unspecified atom stereocenters. The standard InChI is InChI=1S/C18H22N2O3S/c1-4-12(2)20-17(21)14-7-5-13(6-8-14)11-19-18(22)16-15(23-3)9-10-24-16/h5-10,12H,4,11H2,1-3H3,(H,19,22)(H,20,21)/t12-/m1/s1. The van der Waals surface area contributed by atoms with E-state index in [1.54, 1.807) is 25.3 Å². The molecule has 2 amide bonds. The Morgan fingerprint density at radius 3 is 2.50 bits per heavy atom. The smallest absolute Gasteiger partial charge is 0.265 e. The summed E-state index contributed by atoms with van der Waals surface area (Å²) in [5.41, 5.74) is 1.55. The Morgan fingerprint density at radius 2 is 1.88 bits per heavy atom. The van der Waals surface area contributed by atoms with Crippen LogP contribution in [0.25, 0.3) is 0 Å². The largest absolute Gasteiger partial charge is 0.495 e. The van der Waals surface area contributed by atoms with Crippen molar-refractivity contribution in [3.8, 4) is 5.75 Å². The van der Waals surface area contributed by atoms with Crippen LogP contribution in [-0.4, -0.2) is 25.0 Å². The first-order valence-corrected chi connectivity index (χ1v) is 8.72. The summed E-state index contributed by atoms with van der Waals surface area (Å²) < 4.78 is 5.15. The van der Waals surface area contributed by atoms with Crippen LogP contribution in [0.15, 0.2) is 35.7 Å². The van der Waals surface area contributed by atoms with E-state index in [4.69, 9.17) is 4.74 Å². The molecule has 0 fully saturated rings. The molecule has 5 nitrogen and oxygen atoms in total. The summed E-state index contributed by atoms with van der Waals surface area (Å²) in [6.45, 7) is 4.40. The maximum Gasteiger partial charge on any atom is 0.265 e. The molecular formula is C18H22N2O3S. The van der Waals surface area contributed by atoms with Gasteiger partial charge in [0, 0.05) is 18.2 Å². The van der Waals surface area contributed by atoms with Gasteiger partial charge >= 0.3 is 0 Å². The van der Waals surface area contributed by atoms with Crippen LogP contribution < -0.4 is 15.4 Å². The minimum atomic E-state index is -0.166. The monoisotopic (exact) mass is 346 g/mol. The molecule has 6 heteroatoms. The van der Waals surface area contributed by atoms with Crippen LogP contribution in [0.5, 0.6) is 5.75 Å². The Hall–Kier alpha value is -2.34. The van der Waals surface area contributed by atoms with Gasteiger partial charge in [-0.1, -0.05) is 19.1 Å². The summed E-state index contributed by atoms with van der Waals surface area (Å²) in [5.74, 6) is 0.332. The highest BCUT2D eigenvalue weighted by atomic mass is 32.1. The third kappa shape index (κ3) is 4.58. The lowest BCUT2D eigenvalue weighted by atomic mass is 10.1. The molecule has 1 atom stereocenters. The van der Waals surface area contributed by atoms with Crippen molar-refractivity contribution in [1.82, 2.24) is 10.6 Å². The highest BCUT2D eigenvalue weighted by molar-refractivity contribution is 7.12. The van der Waals surface area contributed by atoms with E-state index in [1.807, 2.05) is 31.4 Å². The van der Waals surface area contributed by atoms with Gasteiger partial charge in [-0.05, 0) is 42.5 Å². The van der Waals surface area contributed by atoms with Gasteiger partial charge in [0.2, 0.25) is 0 Å². The van der Waals surface area contributed by atoms with Crippen molar-refractivity contribution in [2.75, 3.05) is 7.11 Å². The highest BCUT2D eigenvalue weighted by Crippen LogP contribution is 2.24. The van der Waals surface area contributed by atoms with Crippen LogP contribution in [0, 0.1) is 0 Å². The molecule has 1 aromatic carbocycles. The van der Waals surface area contributed by atoms with Crippen molar-refractivity contribution < 1.29 is 14.3 Å². The van der Waals surface area contributed by atoms with E-state index in [9.17, 15) is 9.59 Å². The molecule has 2 aromatic rings. The molecule has 0 aliphatic rings. The van der Waals surface area contributed by atoms with Gasteiger partial charge in [-0.3, -0.25) is 9.59 Å². The number of carbonyl (C=O) groups excluding carboxylic acids is 2. The molecule has 0 saturated heterocycles. The predicted molar refractivity (Wildman–Crippen MR) is 95.7 cm³/mol. The summed E-state index contributed by atoms with van der Waals surface area (Å²) in [4.78, 5) is 24.7. The Bertz CT molecular complexity index is 695. The molecule has 1 heterocycles. The van der Waals surface area contributed by atoms with Crippen LogP contribution in [0.1, 0.15) is 45.9 Å². The Balaban J connectivity index is 1.92. The normalized spacial score (nSPS) is 11.6. The summed E-state index contributed by atoms with van der Waals surface area (Å²) in [7, 11) is 1.54. The minimum Gasteiger partial charge on any atom is -0.495 e. The molecular weight excluding hydrogens is 324 g/mol. The second-order valence-corrected chi connectivity index (χ2v) is 6.40. The van der Waals surface area contributed by atoms with E-state index < -0.39 is 0 Å². The number of hydrogen-bond donors (Lipinski definition) is 2. The molecule has 0 aliphatic carbocycles. The Morgan fingerprint density at radius 1 is 1.17 bits per heavy atom. The average Bonchev–Trinajstić information content (AvgIpc) is 3.08. The number of methoxy groups -OCH3 is 1. The van der Waals surface area contributed by atoms with E-state index in [2.05, 4.69) is 10.6 Å². The van der Waals surface area contributed by atoms with Gasteiger partial charge in [-0.2, -0.15) is 0 Å². The van der Waals surface area contributed by atoms with Crippen molar-refractivity contribution in [2.24, 2.45) is 0 Å². The zero-order valence-corrected chi connectivity index (χ0v) is 14.9. The molecule has 0 saturated carbocycles. The number of ether oxygens (including phenoxy) is 1. The lowest BCUT2D eigenvalue weighted by molar-refractivity contribution is 0.0934. The minimum absolute atomic E-state index is 0.0803. The molecule has 24 heavy (non-hydrogen) atoms. The number of thiophene rings is 1. The van der Waals surface area contributed by atoms with Crippen LogP contribution >= 0.6 is 11.3 Å². The fourth-order valence-electron chi connectivity index (χ4n) is 2.07. The maximum absolute atomic E-state index is 12.1. The average molecular weight is 346 g/mol. The summed E-state index contributed by atoms with van der Waals surface area (Å²) in [6, 6.07) is 9.15. The Labute approximate surface area is 146 Å². The zero-order valence-electron chi connectivity index (χ0n) is 14.1. The maximum atomic E-state index is 12.1. The molecule has 0 radical (unpaired) electrons. The van der Waals surface area contributed by atoms with Crippen molar-refractivity contribution in [3.05, 3.63) is 51.7 Å². The van der Waals surface area contributed by atoms with Crippen LogP contribution in [0.2, 0.25) is 0 Å². The fourth-order valence-corrected chi connectivity index (χ4v) is 2.84. The fraction of sp³-hybridized carbons (Fsp3) is 0.333. The van der Waals surface area contributed by atoms with Gasteiger partial charge in [0.15, 0.2) is 0 Å². The zero-order chi connectivity index (χ0) is 17.5. The lowest BCUT2D eigenvalue weighted by Crippen LogP contribution is -2.31. The first kappa shape index (κ1) is 18.0. The third-order valence-electron chi connectivity index (χ3n) is 3.71. The van der Waals surface area contributed by atoms with E-state index in [0.717, 1.165) is 12.0 Å². The molecule has 128 valence electrons. The van der Waals surface area contributed by atoms with Gasteiger partial charge in [0.05, 0.1) is 7.11 Å². The first-order chi connectivity index (χ1) is 11.5. The van der Waals surface area contributed by atoms with Gasteiger partial charge < -0.3 is 15.4 Å². The Kier molecular flexibility index (Phi) is 6.37. The molecule has 2 N–H and O–H groups in total. The van der Waals surface area contributed by atoms with Crippen molar-refractivity contribution in [2.45, 2.75) is 32.9 Å². The molecule has 0 spiro atoms. The van der Waals surface area contributed by atoms with E-state index >= 15 is 0 Å². The number of nitrogens with one attached hydrogen (secondary N) is 2. The topological polar surface area (TPSA) is 67.4 Å². The number of rotatable bonds is 7. The van der Waals surface area contributed by atoms with Crippen molar-refractivity contribution in [1.29, 1.82) is 0 Å². The lowest BCUT2D eigenvalue weighted by Gasteiger charge is -2.11. The second kappa shape index (κ2) is 8.49. The summed E-state index contributed by atoms with van der Waals surface area (Å²) >= 11 is 1.34. The summed E-state index contributed by atoms with van der Waals surface area (Å²) in [5, 5.41) is 7.60. The number of amides is 2. The summed E-state index contributed by atoms with van der Waals surface area (Å²) in [6.07, 6.45) is 0.891. The van der Waals surface area contributed by atoms with Gasteiger partial charge in [0.1, 0.15) is 10.6 Å². The predicted octanol–water partition coefficient (Wildman–Crippen LogP) is 3.22. The van der Waals surface area contributed by atoms with Crippen molar-refractivity contribution >= 4 is 23.2 Å². The number of benzene rings is 1. The van der Waals surface area contributed by atoms with E-state index in [-0.39, 0.29) is 17.9 Å². The van der Waals surface area contributed by atoms with Crippen LogP contribution in [-0.2, 0) is 6.54 Å². The molecule has 0 bridgehead atoms. The van der Waals surface area contributed by atoms with Crippen LogP contribution in [0.4, 0.5) is 0 Å². The van der Waals surface area contributed by atoms with Crippen LogP contribution in [0.3, 0.4) is 0 Å². The van der Waals surface area contributed by atoms with Gasteiger partial charge in [0.25, 0.3) is 11.8 Å². The van der Waals surface area contributed by atoms with Gasteiger partial charge in [-0.25, -0.2) is 0 Å².